The molecule has 0 radical (unpaired) electrons. The van der Waals surface area contributed by atoms with Gasteiger partial charge in [-0.1, -0.05) is 20.8 Å². The van der Waals surface area contributed by atoms with Crippen LogP contribution in [-0.4, -0.2) is 32.2 Å². The number of nitrogens with zero attached hydrogens (tertiary/aromatic N) is 1. The summed E-state index contributed by atoms with van der Waals surface area (Å²) in [6, 6.07) is 4.07. The number of benzene rings is 1. The molecule has 1 aromatic rings. The van der Waals surface area contributed by atoms with E-state index >= 15 is 0 Å². The third kappa shape index (κ3) is 6.65. The molecule has 5 nitrogen and oxygen atoms in total. The van der Waals surface area contributed by atoms with E-state index < -0.39 is 33.3 Å². The van der Waals surface area contributed by atoms with Gasteiger partial charge in [-0.15, -0.1) is 0 Å². The Morgan fingerprint density at radius 2 is 1.64 bits per heavy atom. The molecule has 0 aliphatic heterocycles. The van der Waals surface area contributed by atoms with Gasteiger partial charge in [-0.25, -0.2) is 12.8 Å². The van der Waals surface area contributed by atoms with Gasteiger partial charge in [0.2, 0.25) is 15.9 Å². The molecule has 1 aromatic carbocycles. The van der Waals surface area contributed by atoms with Crippen LogP contribution in [0.2, 0.25) is 0 Å². The molecular weight excluding hydrogens is 343 g/mol. The van der Waals surface area contributed by atoms with Crippen LogP contribution in [0.1, 0.15) is 48.0 Å². The summed E-state index contributed by atoms with van der Waals surface area (Å²) >= 11 is 0. The maximum absolute atomic E-state index is 13.1. The minimum atomic E-state index is -3.72. The number of anilines is 1. The van der Waals surface area contributed by atoms with Crippen molar-refractivity contribution in [2.24, 2.45) is 5.41 Å². The van der Waals surface area contributed by atoms with Gasteiger partial charge >= 0.3 is 0 Å². The highest BCUT2D eigenvalue weighted by atomic mass is 32.2. The molecule has 0 fully saturated rings. The smallest absolute Gasteiger partial charge is 0.244 e. The van der Waals surface area contributed by atoms with Gasteiger partial charge in [0.15, 0.2) is 0 Å². The third-order valence-electron chi connectivity index (χ3n) is 3.60. The first-order valence-electron chi connectivity index (χ1n) is 8.19. The molecule has 0 saturated heterocycles. The van der Waals surface area contributed by atoms with Crippen molar-refractivity contribution in [2.45, 2.75) is 59.5 Å². The van der Waals surface area contributed by atoms with Crippen molar-refractivity contribution in [3.63, 3.8) is 0 Å². The second kappa shape index (κ2) is 7.32. The van der Waals surface area contributed by atoms with Crippen molar-refractivity contribution >= 4 is 21.6 Å². The van der Waals surface area contributed by atoms with E-state index in [2.05, 4.69) is 26.1 Å². The molecule has 1 rings (SSSR count). The van der Waals surface area contributed by atoms with Gasteiger partial charge in [-0.2, -0.15) is 0 Å². The Kier molecular flexibility index (Phi) is 6.27. The topological polar surface area (TPSA) is 66.5 Å². The summed E-state index contributed by atoms with van der Waals surface area (Å²) in [5.74, 6) is -0.871. The number of sulfonamides is 1. The van der Waals surface area contributed by atoms with Crippen LogP contribution >= 0.6 is 0 Å². The second-order valence-corrected chi connectivity index (χ2v) is 10.2. The number of carbonyl (C=O) groups is 1. The summed E-state index contributed by atoms with van der Waals surface area (Å²) in [5.41, 5.74) is -0.233. The van der Waals surface area contributed by atoms with Crippen molar-refractivity contribution in [3.8, 4) is 0 Å². The lowest BCUT2D eigenvalue weighted by atomic mass is 9.81. The maximum Gasteiger partial charge on any atom is 0.244 e. The van der Waals surface area contributed by atoms with Crippen molar-refractivity contribution in [3.05, 3.63) is 30.1 Å². The summed E-state index contributed by atoms with van der Waals surface area (Å²) in [6.45, 7) is 11.6. The van der Waals surface area contributed by atoms with E-state index in [1.165, 1.54) is 31.2 Å². The van der Waals surface area contributed by atoms with Crippen LogP contribution in [0.5, 0.6) is 0 Å². The van der Waals surface area contributed by atoms with Crippen LogP contribution < -0.4 is 9.62 Å². The van der Waals surface area contributed by atoms with Crippen molar-refractivity contribution < 1.29 is 17.6 Å². The van der Waals surface area contributed by atoms with Gasteiger partial charge in [-0.05, 0) is 56.9 Å². The molecule has 1 unspecified atom stereocenters. The number of hydrogen-bond acceptors (Lipinski definition) is 3. The van der Waals surface area contributed by atoms with Crippen molar-refractivity contribution in [1.82, 2.24) is 5.32 Å². The molecular formula is C18H29FN2O3S. The van der Waals surface area contributed by atoms with Crippen LogP contribution in [0.3, 0.4) is 0 Å². The first-order chi connectivity index (χ1) is 11.1. The van der Waals surface area contributed by atoms with Crippen molar-refractivity contribution in [1.29, 1.82) is 0 Å². The first kappa shape index (κ1) is 21.4. The van der Waals surface area contributed by atoms with Gasteiger partial charge in [0, 0.05) is 5.54 Å². The van der Waals surface area contributed by atoms with Crippen LogP contribution in [0.15, 0.2) is 24.3 Å². The molecule has 25 heavy (non-hydrogen) atoms. The quantitative estimate of drug-likeness (QED) is 0.833. The van der Waals surface area contributed by atoms with Crippen LogP contribution in [-0.2, 0) is 14.8 Å². The van der Waals surface area contributed by atoms with Gasteiger partial charge < -0.3 is 5.32 Å². The minimum absolute atomic E-state index is 0.00744. The van der Waals surface area contributed by atoms with E-state index in [-0.39, 0.29) is 11.1 Å². The Hall–Kier alpha value is -1.63. The number of nitrogens with one attached hydrogen (secondary N) is 1. The summed E-state index contributed by atoms with van der Waals surface area (Å²) in [7, 11) is -3.72. The lowest BCUT2D eigenvalue weighted by molar-refractivity contribution is -0.123. The molecule has 142 valence electrons. The molecule has 0 aliphatic rings. The SMILES string of the molecule is CC(C(=O)NC(C)(C)CC(C)(C)C)N(c1ccc(F)cc1)S(C)(=O)=O. The van der Waals surface area contributed by atoms with E-state index in [9.17, 15) is 17.6 Å². The Labute approximate surface area is 150 Å². The Morgan fingerprint density at radius 3 is 2.04 bits per heavy atom. The number of carbonyl (C=O) groups excluding carboxylic acids is 1. The van der Waals surface area contributed by atoms with E-state index in [0.29, 0.717) is 0 Å². The Bertz CT molecular complexity index is 707. The van der Waals surface area contributed by atoms with Gasteiger partial charge in [-0.3, -0.25) is 9.10 Å². The molecule has 0 spiro atoms. The zero-order valence-corrected chi connectivity index (χ0v) is 16.9. The van der Waals surface area contributed by atoms with Gasteiger partial charge in [0.05, 0.1) is 11.9 Å². The highest BCUT2D eigenvalue weighted by Gasteiger charge is 2.33. The number of halogens is 1. The summed E-state index contributed by atoms with van der Waals surface area (Å²) in [5, 5.41) is 2.93. The molecule has 0 bridgehead atoms. The summed E-state index contributed by atoms with van der Waals surface area (Å²) in [4.78, 5) is 12.7. The zero-order valence-electron chi connectivity index (χ0n) is 16.1. The number of amides is 1. The monoisotopic (exact) mass is 372 g/mol. The number of hydrogen-bond donors (Lipinski definition) is 1. The van der Waals surface area contributed by atoms with Gasteiger partial charge in [0.1, 0.15) is 11.9 Å². The average molecular weight is 373 g/mol. The fraction of sp³-hybridized carbons (Fsp3) is 0.611. The molecule has 1 N–H and O–H groups in total. The van der Waals surface area contributed by atoms with Gasteiger partial charge in [0.25, 0.3) is 0 Å². The molecule has 0 aromatic heterocycles. The molecule has 0 aliphatic carbocycles. The Morgan fingerprint density at radius 1 is 1.16 bits per heavy atom. The highest BCUT2D eigenvalue weighted by Crippen LogP contribution is 2.27. The maximum atomic E-state index is 13.1. The fourth-order valence-electron chi connectivity index (χ4n) is 3.20. The first-order valence-corrected chi connectivity index (χ1v) is 10.0. The minimum Gasteiger partial charge on any atom is -0.349 e. The standard InChI is InChI=1S/C18H29FN2O3S/c1-13(16(22)20-18(5,6)12-17(2,3)4)21(25(7,23)24)15-10-8-14(19)9-11-15/h8-11,13H,12H2,1-7H3,(H,20,22). The van der Waals surface area contributed by atoms with E-state index in [1.54, 1.807) is 0 Å². The summed E-state index contributed by atoms with van der Waals surface area (Å²) < 4.78 is 38.6. The zero-order chi connectivity index (χ0) is 19.6. The lowest BCUT2D eigenvalue weighted by Crippen LogP contribution is -2.54. The normalized spacial score (nSPS) is 14.1. The van der Waals surface area contributed by atoms with Crippen LogP contribution in [0.4, 0.5) is 10.1 Å². The highest BCUT2D eigenvalue weighted by molar-refractivity contribution is 7.92. The predicted molar refractivity (Wildman–Crippen MR) is 99.5 cm³/mol. The molecule has 0 heterocycles. The molecule has 7 heteroatoms. The van der Waals surface area contributed by atoms with Crippen LogP contribution in [0, 0.1) is 11.2 Å². The number of rotatable bonds is 6. The van der Waals surface area contributed by atoms with E-state index in [1.807, 2.05) is 13.8 Å². The van der Waals surface area contributed by atoms with E-state index in [0.717, 1.165) is 17.0 Å². The lowest BCUT2D eigenvalue weighted by Gasteiger charge is -2.36. The molecule has 1 atom stereocenters. The molecule has 1 amide bonds. The molecule has 0 saturated carbocycles. The van der Waals surface area contributed by atoms with Crippen LogP contribution in [0.25, 0.3) is 0 Å². The summed E-state index contributed by atoms with van der Waals surface area (Å²) in [6.07, 6.45) is 1.76. The second-order valence-electron chi connectivity index (χ2n) is 8.32. The average Bonchev–Trinajstić information content (AvgIpc) is 2.36. The van der Waals surface area contributed by atoms with Crippen molar-refractivity contribution in [2.75, 3.05) is 10.6 Å². The van der Waals surface area contributed by atoms with E-state index in [4.69, 9.17) is 0 Å². The fourth-order valence-corrected chi connectivity index (χ4v) is 4.38. The Balaban J connectivity index is 3.08. The predicted octanol–water partition coefficient (Wildman–Crippen LogP) is 3.31. The largest absolute Gasteiger partial charge is 0.349 e. The third-order valence-corrected chi connectivity index (χ3v) is 4.85.